The molecule has 0 N–H and O–H groups in total. The number of hydrogen-bond acceptors (Lipinski definition) is 3. The van der Waals surface area contributed by atoms with E-state index in [4.69, 9.17) is 9.47 Å². The molecule has 0 radical (unpaired) electrons. The highest BCUT2D eigenvalue weighted by atomic mass is 16.5. The Hall–Kier alpha value is -2.29. The number of rotatable bonds is 6. The SMILES string of the molecule is CCC(C(=O)OCc1ccc(OC)cc1)c1ccccc1. The molecule has 0 spiro atoms. The number of carbonyl (C=O) groups excluding carboxylic acids is 1. The molecule has 0 fully saturated rings. The molecular formula is C18H20O3. The normalized spacial score (nSPS) is 11.7. The van der Waals surface area contributed by atoms with Gasteiger partial charge in [-0.15, -0.1) is 0 Å². The third kappa shape index (κ3) is 4.09. The van der Waals surface area contributed by atoms with E-state index in [0.29, 0.717) is 0 Å². The highest BCUT2D eigenvalue weighted by Gasteiger charge is 2.19. The first kappa shape index (κ1) is 15.1. The van der Waals surface area contributed by atoms with Crippen LogP contribution in [-0.4, -0.2) is 13.1 Å². The van der Waals surface area contributed by atoms with E-state index in [1.165, 1.54) is 0 Å². The molecule has 110 valence electrons. The molecule has 3 heteroatoms. The van der Waals surface area contributed by atoms with Crippen molar-refractivity contribution in [1.29, 1.82) is 0 Å². The van der Waals surface area contributed by atoms with Crippen molar-refractivity contribution in [2.75, 3.05) is 7.11 Å². The summed E-state index contributed by atoms with van der Waals surface area (Å²) in [6, 6.07) is 17.3. The van der Waals surface area contributed by atoms with Gasteiger partial charge in [-0.05, 0) is 29.7 Å². The van der Waals surface area contributed by atoms with Crippen molar-refractivity contribution in [3.05, 3.63) is 65.7 Å². The van der Waals surface area contributed by atoms with Crippen LogP contribution >= 0.6 is 0 Å². The second kappa shape index (κ2) is 7.48. The van der Waals surface area contributed by atoms with E-state index in [1.807, 2.05) is 61.5 Å². The Balaban J connectivity index is 1.96. The maximum Gasteiger partial charge on any atom is 0.313 e. The van der Waals surface area contributed by atoms with E-state index in [-0.39, 0.29) is 18.5 Å². The van der Waals surface area contributed by atoms with Gasteiger partial charge in [0.15, 0.2) is 0 Å². The Kier molecular flexibility index (Phi) is 5.38. The number of benzene rings is 2. The van der Waals surface area contributed by atoms with Crippen molar-refractivity contribution in [3.63, 3.8) is 0 Å². The first-order valence-corrected chi connectivity index (χ1v) is 7.09. The predicted molar refractivity (Wildman–Crippen MR) is 82.3 cm³/mol. The van der Waals surface area contributed by atoms with Gasteiger partial charge in [-0.3, -0.25) is 4.79 Å². The lowest BCUT2D eigenvalue weighted by atomic mass is 9.97. The predicted octanol–water partition coefficient (Wildman–Crippen LogP) is 3.93. The summed E-state index contributed by atoms with van der Waals surface area (Å²) in [4.78, 5) is 12.2. The number of esters is 1. The van der Waals surface area contributed by atoms with Crippen molar-refractivity contribution in [1.82, 2.24) is 0 Å². The van der Waals surface area contributed by atoms with Crippen LogP contribution in [0.4, 0.5) is 0 Å². The lowest BCUT2D eigenvalue weighted by molar-refractivity contribution is -0.146. The smallest absolute Gasteiger partial charge is 0.313 e. The molecule has 0 aromatic heterocycles. The molecule has 0 aliphatic rings. The van der Waals surface area contributed by atoms with Crippen molar-refractivity contribution in [3.8, 4) is 5.75 Å². The molecule has 21 heavy (non-hydrogen) atoms. The van der Waals surface area contributed by atoms with Crippen LogP contribution in [0.15, 0.2) is 54.6 Å². The summed E-state index contributed by atoms with van der Waals surface area (Å²) >= 11 is 0. The molecule has 1 unspecified atom stereocenters. The van der Waals surface area contributed by atoms with E-state index in [2.05, 4.69) is 0 Å². The first-order valence-electron chi connectivity index (χ1n) is 7.09. The summed E-state index contributed by atoms with van der Waals surface area (Å²) < 4.78 is 10.5. The molecule has 0 heterocycles. The maximum atomic E-state index is 12.2. The van der Waals surface area contributed by atoms with Gasteiger partial charge in [0.1, 0.15) is 12.4 Å². The molecule has 1 atom stereocenters. The Morgan fingerprint density at radius 2 is 1.71 bits per heavy atom. The molecule has 0 amide bonds. The minimum atomic E-state index is -0.204. The topological polar surface area (TPSA) is 35.5 Å². The monoisotopic (exact) mass is 284 g/mol. The highest BCUT2D eigenvalue weighted by Crippen LogP contribution is 2.21. The fraction of sp³-hybridized carbons (Fsp3) is 0.278. The van der Waals surface area contributed by atoms with Crippen LogP contribution in [0.5, 0.6) is 5.75 Å². The van der Waals surface area contributed by atoms with Crippen LogP contribution in [0.25, 0.3) is 0 Å². The van der Waals surface area contributed by atoms with Crippen molar-refractivity contribution < 1.29 is 14.3 Å². The van der Waals surface area contributed by atoms with E-state index in [0.717, 1.165) is 23.3 Å². The van der Waals surface area contributed by atoms with Crippen LogP contribution in [0.2, 0.25) is 0 Å². The van der Waals surface area contributed by atoms with Crippen LogP contribution in [0.1, 0.15) is 30.4 Å². The van der Waals surface area contributed by atoms with Gasteiger partial charge in [-0.1, -0.05) is 49.4 Å². The zero-order chi connectivity index (χ0) is 15.1. The fourth-order valence-corrected chi connectivity index (χ4v) is 2.20. The summed E-state index contributed by atoms with van der Waals surface area (Å²) in [5.41, 5.74) is 1.95. The second-order valence-electron chi connectivity index (χ2n) is 4.83. The molecule has 2 aromatic rings. The van der Waals surface area contributed by atoms with E-state index in [9.17, 15) is 4.79 Å². The zero-order valence-corrected chi connectivity index (χ0v) is 12.4. The van der Waals surface area contributed by atoms with E-state index in [1.54, 1.807) is 7.11 Å². The van der Waals surface area contributed by atoms with E-state index >= 15 is 0 Å². The standard InChI is InChI=1S/C18H20O3/c1-3-17(15-7-5-4-6-8-15)18(19)21-13-14-9-11-16(20-2)12-10-14/h4-12,17H,3,13H2,1-2H3. The summed E-state index contributed by atoms with van der Waals surface area (Å²) in [6.45, 7) is 2.28. The Morgan fingerprint density at radius 1 is 1.05 bits per heavy atom. The number of ether oxygens (including phenoxy) is 2. The largest absolute Gasteiger partial charge is 0.497 e. The van der Waals surface area contributed by atoms with Gasteiger partial charge >= 0.3 is 5.97 Å². The Labute approximate surface area is 125 Å². The summed E-state index contributed by atoms with van der Waals surface area (Å²) in [6.07, 6.45) is 0.728. The lowest BCUT2D eigenvalue weighted by Crippen LogP contribution is -2.15. The third-order valence-corrected chi connectivity index (χ3v) is 3.43. The van der Waals surface area contributed by atoms with Gasteiger partial charge in [0, 0.05) is 0 Å². The van der Waals surface area contributed by atoms with Crippen LogP contribution < -0.4 is 4.74 Å². The quantitative estimate of drug-likeness (QED) is 0.754. The van der Waals surface area contributed by atoms with Gasteiger partial charge in [0.05, 0.1) is 13.0 Å². The molecule has 0 saturated heterocycles. The molecule has 2 aromatic carbocycles. The number of hydrogen-bond donors (Lipinski definition) is 0. The third-order valence-electron chi connectivity index (χ3n) is 3.43. The molecule has 0 saturated carbocycles. The van der Waals surface area contributed by atoms with Crippen LogP contribution in [0.3, 0.4) is 0 Å². The maximum absolute atomic E-state index is 12.2. The van der Waals surface area contributed by atoms with Crippen molar-refractivity contribution >= 4 is 5.97 Å². The minimum absolute atomic E-state index is 0.181. The summed E-state index contributed by atoms with van der Waals surface area (Å²) in [5.74, 6) is 0.407. The molecule has 0 bridgehead atoms. The van der Waals surface area contributed by atoms with Crippen LogP contribution in [-0.2, 0) is 16.1 Å². The minimum Gasteiger partial charge on any atom is -0.497 e. The van der Waals surface area contributed by atoms with Crippen molar-refractivity contribution in [2.45, 2.75) is 25.9 Å². The Bertz CT molecular complexity index is 561. The van der Waals surface area contributed by atoms with Gasteiger partial charge in [-0.25, -0.2) is 0 Å². The molecule has 2 rings (SSSR count). The van der Waals surface area contributed by atoms with E-state index < -0.39 is 0 Å². The second-order valence-corrected chi connectivity index (χ2v) is 4.83. The molecule has 0 aliphatic carbocycles. The average molecular weight is 284 g/mol. The lowest BCUT2D eigenvalue weighted by Gasteiger charge is -2.14. The fourth-order valence-electron chi connectivity index (χ4n) is 2.20. The van der Waals surface area contributed by atoms with Gasteiger partial charge in [0.25, 0.3) is 0 Å². The Morgan fingerprint density at radius 3 is 2.29 bits per heavy atom. The average Bonchev–Trinajstić information content (AvgIpc) is 2.55. The highest BCUT2D eigenvalue weighted by molar-refractivity contribution is 5.78. The van der Waals surface area contributed by atoms with Crippen LogP contribution in [0, 0.1) is 0 Å². The number of carbonyl (C=O) groups is 1. The van der Waals surface area contributed by atoms with Gasteiger partial charge in [-0.2, -0.15) is 0 Å². The zero-order valence-electron chi connectivity index (χ0n) is 12.4. The molecule has 3 nitrogen and oxygen atoms in total. The summed E-state index contributed by atoms with van der Waals surface area (Å²) in [5, 5.41) is 0. The molecule has 0 aliphatic heterocycles. The van der Waals surface area contributed by atoms with Crippen molar-refractivity contribution in [2.24, 2.45) is 0 Å². The molecular weight excluding hydrogens is 264 g/mol. The van der Waals surface area contributed by atoms with Gasteiger partial charge in [0.2, 0.25) is 0 Å². The summed E-state index contributed by atoms with van der Waals surface area (Å²) in [7, 11) is 1.63. The first-order chi connectivity index (χ1) is 10.2. The number of methoxy groups -OCH3 is 1. The van der Waals surface area contributed by atoms with Gasteiger partial charge < -0.3 is 9.47 Å².